The first-order valence-corrected chi connectivity index (χ1v) is 12.0. The molecule has 8 nitrogen and oxygen atoms in total. The number of aromatic nitrogens is 3. The van der Waals surface area contributed by atoms with Crippen LogP contribution >= 0.6 is 0 Å². The second-order valence-corrected chi connectivity index (χ2v) is 9.24. The summed E-state index contributed by atoms with van der Waals surface area (Å²) in [5.41, 5.74) is 2.47. The van der Waals surface area contributed by atoms with Crippen molar-refractivity contribution in [1.29, 1.82) is 0 Å². The van der Waals surface area contributed by atoms with Crippen molar-refractivity contribution < 1.29 is 27.9 Å². The summed E-state index contributed by atoms with van der Waals surface area (Å²) in [4.78, 5) is 24.2. The van der Waals surface area contributed by atoms with Crippen LogP contribution in [0.25, 0.3) is 0 Å². The average Bonchev–Trinajstić information content (AvgIpc) is 3.48. The van der Waals surface area contributed by atoms with E-state index >= 15 is 0 Å². The fourth-order valence-corrected chi connectivity index (χ4v) is 4.76. The highest BCUT2D eigenvalue weighted by molar-refractivity contribution is 5.90. The lowest BCUT2D eigenvalue weighted by Gasteiger charge is -2.25. The van der Waals surface area contributed by atoms with Gasteiger partial charge in [-0.2, -0.15) is 13.2 Å². The van der Waals surface area contributed by atoms with E-state index in [1.54, 1.807) is 0 Å². The van der Waals surface area contributed by atoms with Gasteiger partial charge in [-0.15, -0.1) is 10.2 Å². The van der Waals surface area contributed by atoms with Crippen molar-refractivity contribution in [2.24, 2.45) is 11.8 Å². The monoisotopic (exact) mass is 515 g/mol. The lowest BCUT2D eigenvalue weighted by atomic mass is 9.89. The van der Waals surface area contributed by atoms with Gasteiger partial charge in [-0.05, 0) is 29.4 Å². The Morgan fingerprint density at radius 2 is 1.51 bits per heavy atom. The average molecular weight is 516 g/mol. The Balaban J connectivity index is 0.000000405. The Labute approximate surface area is 212 Å². The van der Waals surface area contributed by atoms with E-state index in [9.17, 15) is 18.0 Å². The van der Waals surface area contributed by atoms with Gasteiger partial charge in [0.25, 0.3) is 5.91 Å². The molecule has 0 spiro atoms. The zero-order valence-corrected chi connectivity index (χ0v) is 20.1. The van der Waals surface area contributed by atoms with E-state index in [4.69, 9.17) is 9.90 Å². The molecular weight excluding hydrogens is 487 g/mol. The van der Waals surface area contributed by atoms with Crippen molar-refractivity contribution in [2.75, 3.05) is 19.6 Å². The summed E-state index contributed by atoms with van der Waals surface area (Å²) in [5, 5.41) is 18.7. The molecule has 11 heteroatoms. The number of likely N-dealkylation sites (tertiary alicyclic amines) is 1. The van der Waals surface area contributed by atoms with Gasteiger partial charge in [-0.25, -0.2) is 4.79 Å². The number of carbonyl (C=O) groups excluding carboxylic acids is 1. The predicted octanol–water partition coefficient (Wildman–Crippen LogP) is 3.19. The lowest BCUT2D eigenvalue weighted by Crippen LogP contribution is -2.32. The van der Waals surface area contributed by atoms with E-state index < -0.39 is 12.1 Å². The Kier molecular flexibility index (Phi) is 8.22. The van der Waals surface area contributed by atoms with E-state index in [2.05, 4.69) is 50.7 Å². The summed E-state index contributed by atoms with van der Waals surface area (Å²) in [5.74, 6) is -0.335. The Bertz CT molecular complexity index is 1200. The number of hydrogen-bond donors (Lipinski definition) is 2. The van der Waals surface area contributed by atoms with Crippen LogP contribution < -0.4 is 5.32 Å². The van der Waals surface area contributed by atoms with Crippen LogP contribution in [0.2, 0.25) is 0 Å². The van der Waals surface area contributed by atoms with Crippen molar-refractivity contribution in [1.82, 2.24) is 25.0 Å². The molecule has 2 aliphatic rings. The number of amides is 1. The molecule has 3 heterocycles. The van der Waals surface area contributed by atoms with Gasteiger partial charge in [0.1, 0.15) is 5.82 Å². The maximum absolute atomic E-state index is 12.7. The van der Waals surface area contributed by atoms with Gasteiger partial charge >= 0.3 is 12.1 Å². The van der Waals surface area contributed by atoms with Gasteiger partial charge < -0.3 is 19.9 Å². The van der Waals surface area contributed by atoms with Crippen LogP contribution in [-0.2, 0) is 30.7 Å². The number of halogens is 3. The van der Waals surface area contributed by atoms with Crippen molar-refractivity contribution in [3.63, 3.8) is 0 Å². The number of fused-ring (bicyclic) bond motifs is 2. The molecule has 1 amide bonds. The summed E-state index contributed by atoms with van der Waals surface area (Å²) in [6.07, 6.45) is -3.09. The van der Waals surface area contributed by atoms with Gasteiger partial charge in [0.05, 0.1) is 0 Å². The highest BCUT2D eigenvalue weighted by Crippen LogP contribution is 2.32. The third-order valence-electron chi connectivity index (χ3n) is 6.64. The van der Waals surface area contributed by atoms with Gasteiger partial charge in [0.2, 0.25) is 5.82 Å². The van der Waals surface area contributed by atoms with Gasteiger partial charge in [0.15, 0.2) is 0 Å². The highest BCUT2D eigenvalue weighted by Gasteiger charge is 2.39. The summed E-state index contributed by atoms with van der Waals surface area (Å²) in [7, 11) is 0. The number of carboxylic acids is 1. The molecule has 2 aliphatic heterocycles. The van der Waals surface area contributed by atoms with Crippen molar-refractivity contribution in [3.8, 4) is 0 Å². The number of aliphatic carboxylic acids is 1. The van der Waals surface area contributed by atoms with Crippen LogP contribution in [0.5, 0.6) is 0 Å². The Morgan fingerprint density at radius 1 is 0.919 bits per heavy atom. The van der Waals surface area contributed by atoms with Crippen LogP contribution in [0.1, 0.15) is 27.6 Å². The molecule has 0 radical (unpaired) electrons. The first-order chi connectivity index (χ1) is 17.7. The molecule has 3 aromatic rings. The number of alkyl halides is 3. The van der Waals surface area contributed by atoms with Gasteiger partial charge in [0, 0.05) is 39.1 Å². The molecule has 2 N–H and O–H groups in total. The molecule has 5 rings (SSSR count). The standard InChI is InChI=1S/C24H27N5O.C2HF3O2/c30-24(25-14-19-9-5-2-6-10-19)23-27-26-22-13-20-15-28(16-21(20)17-29(22)23)12-11-18-7-3-1-4-8-18;3-2(4,5)1(6)7/h1-10,20-21H,11-17H2,(H,25,30);(H,6,7). The predicted molar refractivity (Wildman–Crippen MR) is 129 cm³/mol. The molecule has 196 valence electrons. The third kappa shape index (κ3) is 6.94. The second kappa shape index (κ2) is 11.5. The number of benzene rings is 2. The van der Waals surface area contributed by atoms with Crippen LogP contribution in [0.4, 0.5) is 13.2 Å². The number of nitrogens with one attached hydrogen (secondary N) is 1. The molecule has 37 heavy (non-hydrogen) atoms. The molecule has 2 atom stereocenters. The zero-order chi connectivity index (χ0) is 26.4. The molecular formula is C26H28F3N5O3. The minimum absolute atomic E-state index is 0.144. The topological polar surface area (TPSA) is 100 Å². The van der Waals surface area contributed by atoms with Crippen molar-refractivity contribution in [3.05, 3.63) is 83.4 Å². The molecule has 0 saturated carbocycles. The SMILES string of the molecule is O=C(NCc1ccccc1)c1nnc2n1CC1CN(CCc3ccccc3)CC1C2.O=C(O)C(F)(F)F. The molecule has 1 aromatic heterocycles. The highest BCUT2D eigenvalue weighted by atomic mass is 19.4. The first-order valence-electron chi connectivity index (χ1n) is 12.0. The molecule has 2 aromatic carbocycles. The van der Waals surface area contributed by atoms with E-state index in [0.717, 1.165) is 50.4 Å². The number of nitrogens with zero attached hydrogens (tertiary/aromatic N) is 4. The Hall–Kier alpha value is -3.73. The normalized spacial score (nSPS) is 18.8. The van der Waals surface area contributed by atoms with Gasteiger partial charge in [-0.3, -0.25) is 4.79 Å². The smallest absolute Gasteiger partial charge is 0.475 e. The molecule has 2 unspecified atom stereocenters. The quantitative estimate of drug-likeness (QED) is 0.523. The number of hydrogen-bond acceptors (Lipinski definition) is 5. The van der Waals surface area contributed by atoms with Crippen LogP contribution in [0, 0.1) is 11.8 Å². The number of carboxylic acid groups (broad SMARTS) is 1. The summed E-state index contributed by atoms with van der Waals surface area (Å²) in [6, 6.07) is 20.6. The zero-order valence-electron chi connectivity index (χ0n) is 20.1. The molecule has 1 saturated heterocycles. The van der Waals surface area contributed by atoms with Crippen LogP contribution in [-0.4, -0.2) is 62.5 Å². The largest absolute Gasteiger partial charge is 0.490 e. The maximum Gasteiger partial charge on any atom is 0.490 e. The first kappa shape index (κ1) is 26.3. The minimum Gasteiger partial charge on any atom is -0.475 e. The maximum atomic E-state index is 12.7. The van der Waals surface area contributed by atoms with Crippen LogP contribution in [0.15, 0.2) is 60.7 Å². The van der Waals surface area contributed by atoms with Crippen molar-refractivity contribution >= 4 is 11.9 Å². The summed E-state index contributed by atoms with van der Waals surface area (Å²) < 4.78 is 33.8. The number of carbonyl (C=O) groups is 2. The number of rotatable bonds is 6. The van der Waals surface area contributed by atoms with Crippen molar-refractivity contribution in [2.45, 2.75) is 32.1 Å². The van der Waals surface area contributed by atoms with Crippen LogP contribution in [0.3, 0.4) is 0 Å². The summed E-state index contributed by atoms with van der Waals surface area (Å²) in [6.45, 7) is 4.62. The molecule has 1 fully saturated rings. The molecule has 0 bridgehead atoms. The second-order valence-electron chi connectivity index (χ2n) is 9.24. The summed E-state index contributed by atoms with van der Waals surface area (Å²) >= 11 is 0. The minimum atomic E-state index is -5.08. The van der Waals surface area contributed by atoms with Gasteiger partial charge in [-0.1, -0.05) is 60.7 Å². The fourth-order valence-electron chi connectivity index (χ4n) is 4.76. The van der Waals surface area contributed by atoms with E-state index in [1.165, 1.54) is 5.56 Å². The van der Waals surface area contributed by atoms with E-state index in [-0.39, 0.29) is 5.91 Å². The fraction of sp³-hybridized carbons (Fsp3) is 0.385. The molecule has 0 aliphatic carbocycles. The van der Waals surface area contributed by atoms with E-state index in [1.807, 2.05) is 34.9 Å². The Morgan fingerprint density at radius 3 is 2.14 bits per heavy atom. The lowest BCUT2D eigenvalue weighted by molar-refractivity contribution is -0.192. The third-order valence-corrected chi connectivity index (χ3v) is 6.64. The van der Waals surface area contributed by atoms with E-state index in [0.29, 0.717) is 24.2 Å².